The van der Waals surface area contributed by atoms with Crippen LogP contribution in [-0.2, 0) is 6.42 Å². The molecule has 0 heterocycles. The summed E-state index contributed by atoms with van der Waals surface area (Å²) in [5, 5.41) is 8.55. The topological polar surface area (TPSA) is 38.7 Å². The first-order valence-corrected chi connectivity index (χ1v) is 8.31. The van der Waals surface area contributed by atoms with Gasteiger partial charge in [0.2, 0.25) is 0 Å². The number of ether oxygens (including phenoxy) is 2. The zero-order valence-corrected chi connectivity index (χ0v) is 15.5. The molecule has 1 N–H and O–H groups in total. The molecule has 0 fully saturated rings. The molecular formula is C21H28O3. The molecule has 0 unspecified atom stereocenters. The van der Waals surface area contributed by atoms with Crippen molar-refractivity contribution in [3.05, 3.63) is 22.3 Å². The molecule has 0 spiro atoms. The first-order valence-electron chi connectivity index (χ1n) is 8.31. The van der Waals surface area contributed by atoms with E-state index in [1.165, 1.54) is 11.1 Å². The molecule has 0 amide bonds. The van der Waals surface area contributed by atoms with E-state index in [4.69, 9.17) is 14.6 Å². The fraction of sp³-hybridized carbons (Fsp3) is 0.524. The van der Waals surface area contributed by atoms with E-state index in [9.17, 15) is 0 Å². The van der Waals surface area contributed by atoms with Crippen molar-refractivity contribution in [2.24, 2.45) is 0 Å². The lowest BCUT2D eigenvalue weighted by atomic mass is 9.94. The minimum absolute atomic E-state index is 0.0949. The summed E-state index contributed by atoms with van der Waals surface area (Å²) in [6.45, 7) is 6.16. The molecule has 0 aliphatic rings. The number of benzene rings is 1. The second-order valence-corrected chi connectivity index (χ2v) is 5.67. The minimum Gasteiger partial charge on any atom is -0.496 e. The highest BCUT2D eigenvalue weighted by Crippen LogP contribution is 2.38. The van der Waals surface area contributed by atoms with E-state index < -0.39 is 0 Å². The van der Waals surface area contributed by atoms with Crippen LogP contribution >= 0.6 is 0 Å². The SMILES string of the molecule is COc1c(C)c(C)c(OC)c(CCCCC#CCC#CCO)c1C. The van der Waals surface area contributed by atoms with Gasteiger partial charge in [-0.1, -0.05) is 17.8 Å². The van der Waals surface area contributed by atoms with E-state index in [1.807, 2.05) is 0 Å². The van der Waals surface area contributed by atoms with Gasteiger partial charge in [0.25, 0.3) is 0 Å². The summed E-state index contributed by atoms with van der Waals surface area (Å²) in [6.07, 6.45) is 4.45. The third-order valence-corrected chi connectivity index (χ3v) is 4.20. The molecule has 0 aliphatic heterocycles. The van der Waals surface area contributed by atoms with Gasteiger partial charge in [-0.2, -0.15) is 0 Å². The van der Waals surface area contributed by atoms with Gasteiger partial charge in [0.15, 0.2) is 0 Å². The first kappa shape index (κ1) is 19.9. The minimum atomic E-state index is -0.0949. The maximum Gasteiger partial charge on any atom is 0.125 e. The van der Waals surface area contributed by atoms with E-state index in [0.29, 0.717) is 6.42 Å². The van der Waals surface area contributed by atoms with Gasteiger partial charge < -0.3 is 14.6 Å². The number of rotatable bonds is 6. The number of hydrogen-bond donors (Lipinski definition) is 1. The molecule has 0 atom stereocenters. The normalized spacial score (nSPS) is 9.58. The Morgan fingerprint density at radius 1 is 0.792 bits per heavy atom. The Morgan fingerprint density at radius 3 is 2.04 bits per heavy atom. The Kier molecular flexibility index (Phi) is 8.84. The van der Waals surface area contributed by atoms with Crippen molar-refractivity contribution < 1.29 is 14.6 Å². The lowest BCUT2D eigenvalue weighted by Gasteiger charge is -2.20. The predicted molar refractivity (Wildman–Crippen MR) is 98.6 cm³/mol. The molecule has 3 nitrogen and oxygen atoms in total. The van der Waals surface area contributed by atoms with E-state index in [-0.39, 0.29) is 6.61 Å². The standard InChI is InChI=1S/C21H28O3/c1-16-17(2)21(24-5)19(18(3)20(16)23-4)14-12-10-8-6-7-9-11-13-15-22/h22H,8-10,12,14-15H2,1-5H3. The lowest BCUT2D eigenvalue weighted by Crippen LogP contribution is -2.04. The molecule has 130 valence electrons. The zero-order valence-electron chi connectivity index (χ0n) is 15.5. The van der Waals surface area contributed by atoms with E-state index in [2.05, 4.69) is 44.5 Å². The molecule has 1 aromatic carbocycles. The van der Waals surface area contributed by atoms with Crippen LogP contribution in [0.4, 0.5) is 0 Å². The van der Waals surface area contributed by atoms with Gasteiger partial charge in [0.1, 0.15) is 18.1 Å². The number of unbranched alkanes of at least 4 members (excludes halogenated alkanes) is 2. The summed E-state index contributed by atoms with van der Waals surface area (Å²) in [7, 11) is 3.45. The molecule has 0 aliphatic carbocycles. The van der Waals surface area contributed by atoms with Crippen LogP contribution in [0.1, 0.15) is 47.9 Å². The molecule has 0 saturated carbocycles. The summed E-state index contributed by atoms with van der Waals surface area (Å²) in [6, 6.07) is 0. The van der Waals surface area contributed by atoms with Gasteiger partial charge in [-0.05, 0) is 56.7 Å². The fourth-order valence-electron chi connectivity index (χ4n) is 2.87. The van der Waals surface area contributed by atoms with Crippen molar-refractivity contribution in [1.29, 1.82) is 0 Å². The molecule has 1 rings (SSSR count). The van der Waals surface area contributed by atoms with Gasteiger partial charge >= 0.3 is 0 Å². The van der Waals surface area contributed by atoms with Crippen molar-refractivity contribution >= 4 is 0 Å². The summed E-state index contributed by atoms with van der Waals surface area (Å²) in [5.74, 6) is 13.5. The number of aliphatic hydroxyl groups excluding tert-OH is 1. The summed E-state index contributed by atoms with van der Waals surface area (Å²) in [4.78, 5) is 0. The van der Waals surface area contributed by atoms with Crippen molar-refractivity contribution in [3.63, 3.8) is 0 Å². The van der Waals surface area contributed by atoms with Crippen LogP contribution < -0.4 is 9.47 Å². The predicted octanol–water partition coefficient (Wildman–Crippen LogP) is 3.73. The number of methoxy groups -OCH3 is 2. The highest BCUT2D eigenvalue weighted by molar-refractivity contribution is 5.58. The second kappa shape index (κ2) is 10.6. The van der Waals surface area contributed by atoms with Gasteiger partial charge in [-0.15, -0.1) is 5.92 Å². The highest BCUT2D eigenvalue weighted by Gasteiger charge is 2.18. The van der Waals surface area contributed by atoms with Gasteiger partial charge in [0, 0.05) is 12.0 Å². The maximum atomic E-state index is 8.55. The van der Waals surface area contributed by atoms with E-state index >= 15 is 0 Å². The number of aliphatic hydroxyl groups is 1. The summed E-state index contributed by atoms with van der Waals surface area (Å²) < 4.78 is 11.2. The van der Waals surface area contributed by atoms with Crippen molar-refractivity contribution in [2.75, 3.05) is 20.8 Å². The van der Waals surface area contributed by atoms with Crippen LogP contribution in [-0.4, -0.2) is 25.9 Å². The summed E-state index contributed by atoms with van der Waals surface area (Å²) in [5.41, 5.74) is 4.70. The van der Waals surface area contributed by atoms with Gasteiger partial charge in [-0.25, -0.2) is 0 Å². The number of hydrogen-bond acceptors (Lipinski definition) is 3. The molecule has 24 heavy (non-hydrogen) atoms. The Hall–Kier alpha value is -2.10. The smallest absolute Gasteiger partial charge is 0.125 e. The molecule has 0 bridgehead atoms. The van der Waals surface area contributed by atoms with Gasteiger partial charge in [-0.3, -0.25) is 0 Å². The Labute approximate surface area is 146 Å². The second-order valence-electron chi connectivity index (χ2n) is 5.67. The van der Waals surface area contributed by atoms with Crippen LogP contribution in [0.15, 0.2) is 0 Å². The summed E-state index contributed by atoms with van der Waals surface area (Å²) >= 11 is 0. The third-order valence-electron chi connectivity index (χ3n) is 4.20. The molecule has 0 saturated heterocycles. The van der Waals surface area contributed by atoms with Crippen molar-refractivity contribution in [2.45, 2.75) is 52.9 Å². The molecule has 1 aromatic rings. The van der Waals surface area contributed by atoms with Crippen LogP contribution in [0.5, 0.6) is 11.5 Å². The largest absolute Gasteiger partial charge is 0.496 e. The quantitative estimate of drug-likeness (QED) is 0.639. The monoisotopic (exact) mass is 328 g/mol. The van der Waals surface area contributed by atoms with E-state index in [0.717, 1.165) is 48.3 Å². The molecular weight excluding hydrogens is 300 g/mol. The third kappa shape index (κ3) is 5.22. The van der Waals surface area contributed by atoms with Crippen LogP contribution in [0.3, 0.4) is 0 Å². The average Bonchev–Trinajstić information content (AvgIpc) is 2.58. The highest BCUT2D eigenvalue weighted by atomic mass is 16.5. The Morgan fingerprint density at radius 2 is 1.42 bits per heavy atom. The molecule has 0 radical (unpaired) electrons. The fourth-order valence-corrected chi connectivity index (χ4v) is 2.87. The van der Waals surface area contributed by atoms with Crippen LogP contribution in [0.25, 0.3) is 0 Å². The van der Waals surface area contributed by atoms with Gasteiger partial charge in [0.05, 0.1) is 20.6 Å². The zero-order chi connectivity index (χ0) is 17.9. The van der Waals surface area contributed by atoms with E-state index in [1.54, 1.807) is 14.2 Å². The first-order chi connectivity index (χ1) is 11.6. The van der Waals surface area contributed by atoms with Crippen molar-refractivity contribution in [1.82, 2.24) is 0 Å². The van der Waals surface area contributed by atoms with Crippen LogP contribution in [0.2, 0.25) is 0 Å². The Bertz CT molecular complexity index is 667. The maximum absolute atomic E-state index is 8.55. The Balaban J connectivity index is 2.70. The van der Waals surface area contributed by atoms with Crippen LogP contribution in [0, 0.1) is 44.5 Å². The van der Waals surface area contributed by atoms with Crippen molar-refractivity contribution in [3.8, 4) is 35.2 Å². The molecule has 3 heteroatoms. The average molecular weight is 328 g/mol. The molecule has 0 aromatic heterocycles. The lowest BCUT2D eigenvalue weighted by molar-refractivity contribution is 0.350.